The summed E-state index contributed by atoms with van der Waals surface area (Å²) in [6, 6.07) is 11.4. The van der Waals surface area contributed by atoms with Gasteiger partial charge in [0.2, 0.25) is 0 Å². The van der Waals surface area contributed by atoms with E-state index in [-0.39, 0.29) is 5.91 Å². The molecule has 0 atom stereocenters. The van der Waals surface area contributed by atoms with Crippen LogP contribution in [0, 0.1) is 0 Å². The normalized spacial score (nSPS) is 13.3. The number of furan rings is 1. The van der Waals surface area contributed by atoms with Gasteiger partial charge in [0.15, 0.2) is 10.8 Å². The first-order chi connectivity index (χ1) is 13.8. The van der Waals surface area contributed by atoms with Gasteiger partial charge >= 0.3 is 0 Å². The van der Waals surface area contributed by atoms with E-state index in [4.69, 9.17) is 9.40 Å². The Balaban J connectivity index is 1.29. The van der Waals surface area contributed by atoms with Crippen LogP contribution >= 0.6 is 11.3 Å². The molecule has 6 nitrogen and oxygen atoms in total. The topological polar surface area (TPSA) is 73.0 Å². The Bertz CT molecular complexity index is 1090. The molecule has 7 heteroatoms. The van der Waals surface area contributed by atoms with Crippen LogP contribution in [0.5, 0.6) is 0 Å². The number of carbonyl (C=O) groups excluding carboxylic acids is 1. The highest BCUT2D eigenvalue weighted by Gasteiger charge is 2.15. The number of thiazole rings is 1. The lowest BCUT2D eigenvalue weighted by atomic mass is 10.1. The van der Waals surface area contributed by atoms with E-state index in [0.717, 1.165) is 35.7 Å². The summed E-state index contributed by atoms with van der Waals surface area (Å²) in [7, 11) is 0. The van der Waals surface area contributed by atoms with Crippen molar-refractivity contribution in [3.63, 3.8) is 0 Å². The van der Waals surface area contributed by atoms with Crippen LogP contribution in [0.1, 0.15) is 29.2 Å². The molecular formula is C21H18N4O2S. The molecule has 0 saturated heterocycles. The molecule has 0 spiro atoms. The number of rotatable bonds is 4. The lowest BCUT2D eigenvalue weighted by Crippen LogP contribution is -2.12. The molecule has 0 radical (unpaired) electrons. The number of nitrogens with one attached hydrogen (secondary N) is 1. The van der Waals surface area contributed by atoms with Gasteiger partial charge in [-0.1, -0.05) is 12.1 Å². The molecule has 1 amide bonds. The highest BCUT2D eigenvalue weighted by molar-refractivity contribution is 7.13. The number of aryl methyl sites for hydroxylation is 2. The van der Waals surface area contributed by atoms with E-state index in [1.54, 1.807) is 17.7 Å². The number of amides is 1. The van der Waals surface area contributed by atoms with E-state index in [1.165, 1.54) is 24.2 Å². The number of hydrogen-bond acceptors (Lipinski definition) is 5. The lowest BCUT2D eigenvalue weighted by molar-refractivity contribution is 0.102. The Morgan fingerprint density at radius 2 is 2.04 bits per heavy atom. The Morgan fingerprint density at radius 1 is 1.14 bits per heavy atom. The Labute approximate surface area is 165 Å². The molecular weight excluding hydrogens is 372 g/mol. The van der Waals surface area contributed by atoms with Crippen molar-refractivity contribution in [3.8, 4) is 22.0 Å². The molecule has 0 bridgehead atoms. The molecule has 4 heterocycles. The zero-order chi connectivity index (χ0) is 18.9. The number of anilines is 1. The van der Waals surface area contributed by atoms with Crippen molar-refractivity contribution in [2.75, 3.05) is 5.32 Å². The van der Waals surface area contributed by atoms with Gasteiger partial charge in [0.05, 0.1) is 12.0 Å². The number of nitrogens with zero attached hydrogens (tertiary/aromatic N) is 3. The predicted molar refractivity (Wildman–Crippen MR) is 108 cm³/mol. The lowest BCUT2D eigenvalue weighted by Gasteiger charge is -2.11. The molecule has 1 aromatic carbocycles. The van der Waals surface area contributed by atoms with Crippen molar-refractivity contribution < 1.29 is 9.21 Å². The number of fused-ring (bicyclic) bond motifs is 1. The second-order valence-electron chi connectivity index (χ2n) is 6.74. The Kier molecular flexibility index (Phi) is 4.29. The quantitative estimate of drug-likeness (QED) is 0.540. The zero-order valence-corrected chi connectivity index (χ0v) is 15.9. The highest BCUT2D eigenvalue weighted by atomic mass is 32.1. The summed E-state index contributed by atoms with van der Waals surface area (Å²) in [6.45, 7) is 1.05. The minimum Gasteiger partial charge on any atom is -0.462 e. The van der Waals surface area contributed by atoms with Crippen molar-refractivity contribution in [2.45, 2.75) is 25.8 Å². The van der Waals surface area contributed by atoms with Gasteiger partial charge in [0.1, 0.15) is 11.5 Å². The summed E-state index contributed by atoms with van der Waals surface area (Å²) < 4.78 is 7.57. The standard InChI is InChI=1S/C21H18N4O2S/c26-20(17-13-28-21(24-17)18-4-3-11-27-18)22-15-8-6-14(7-9-15)16-12-25-10-2-1-5-19(25)23-16/h3-4,6-9,11-13H,1-2,5,10H2,(H,22,26). The van der Waals surface area contributed by atoms with Crippen LogP contribution in [-0.2, 0) is 13.0 Å². The first kappa shape index (κ1) is 16.9. The maximum Gasteiger partial charge on any atom is 0.275 e. The molecule has 28 heavy (non-hydrogen) atoms. The first-order valence-corrected chi connectivity index (χ1v) is 10.1. The summed E-state index contributed by atoms with van der Waals surface area (Å²) >= 11 is 1.38. The van der Waals surface area contributed by atoms with Crippen molar-refractivity contribution in [1.82, 2.24) is 14.5 Å². The Hall–Kier alpha value is -3.19. The average molecular weight is 390 g/mol. The van der Waals surface area contributed by atoms with Crippen molar-refractivity contribution in [2.24, 2.45) is 0 Å². The smallest absolute Gasteiger partial charge is 0.275 e. The van der Waals surface area contributed by atoms with Gasteiger partial charge < -0.3 is 14.3 Å². The van der Waals surface area contributed by atoms with Crippen LogP contribution in [0.25, 0.3) is 22.0 Å². The average Bonchev–Trinajstić information content (AvgIpc) is 3.48. The third-order valence-corrected chi connectivity index (χ3v) is 5.67. The molecule has 0 fully saturated rings. The fourth-order valence-electron chi connectivity index (χ4n) is 3.36. The zero-order valence-electron chi connectivity index (χ0n) is 15.1. The third-order valence-electron chi connectivity index (χ3n) is 4.82. The Morgan fingerprint density at radius 3 is 2.82 bits per heavy atom. The molecule has 5 rings (SSSR count). The van der Waals surface area contributed by atoms with Gasteiger partial charge in [0.25, 0.3) is 5.91 Å². The van der Waals surface area contributed by atoms with Crippen LogP contribution in [0.15, 0.2) is 58.7 Å². The van der Waals surface area contributed by atoms with Gasteiger partial charge in [-0.25, -0.2) is 9.97 Å². The fourth-order valence-corrected chi connectivity index (χ4v) is 4.13. The minimum absolute atomic E-state index is 0.237. The fraction of sp³-hybridized carbons (Fsp3) is 0.190. The van der Waals surface area contributed by atoms with Crippen LogP contribution < -0.4 is 5.32 Å². The maximum absolute atomic E-state index is 12.5. The summed E-state index contributed by atoms with van der Waals surface area (Å²) in [6.07, 6.45) is 7.18. The van der Waals surface area contributed by atoms with Crippen LogP contribution in [-0.4, -0.2) is 20.4 Å². The predicted octanol–water partition coefficient (Wildman–Crippen LogP) is 4.86. The van der Waals surface area contributed by atoms with E-state index in [1.807, 2.05) is 30.3 Å². The van der Waals surface area contributed by atoms with Gasteiger partial charge in [0, 0.05) is 35.8 Å². The second kappa shape index (κ2) is 7.09. The third kappa shape index (κ3) is 3.25. The molecule has 140 valence electrons. The molecule has 0 aliphatic carbocycles. The van der Waals surface area contributed by atoms with E-state index < -0.39 is 0 Å². The number of aromatic nitrogens is 3. The molecule has 3 aromatic heterocycles. The van der Waals surface area contributed by atoms with E-state index in [2.05, 4.69) is 21.1 Å². The maximum atomic E-state index is 12.5. The SMILES string of the molecule is O=C(Nc1ccc(-c2cn3c(n2)CCCC3)cc1)c1csc(-c2ccco2)n1. The van der Waals surface area contributed by atoms with Gasteiger partial charge in [-0.3, -0.25) is 4.79 Å². The van der Waals surface area contributed by atoms with Crippen LogP contribution in [0.4, 0.5) is 5.69 Å². The second-order valence-corrected chi connectivity index (χ2v) is 7.60. The number of carbonyl (C=O) groups is 1. The van der Waals surface area contributed by atoms with Crippen LogP contribution in [0.2, 0.25) is 0 Å². The molecule has 1 aliphatic heterocycles. The monoisotopic (exact) mass is 390 g/mol. The molecule has 1 aliphatic rings. The highest BCUT2D eigenvalue weighted by Crippen LogP contribution is 2.26. The van der Waals surface area contributed by atoms with Crippen LogP contribution in [0.3, 0.4) is 0 Å². The number of benzene rings is 1. The molecule has 1 N–H and O–H groups in total. The van der Waals surface area contributed by atoms with E-state index in [9.17, 15) is 4.79 Å². The molecule has 0 unspecified atom stereocenters. The first-order valence-electron chi connectivity index (χ1n) is 9.23. The summed E-state index contributed by atoms with van der Waals surface area (Å²) in [5.74, 6) is 1.59. The number of hydrogen-bond donors (Lipinski definition) is 1. The molecule has 4 aromatic rings. The van der Waals surface area contributed by atoms with Gasteiger partial charge in [-0.15, -0.1) is 11.3 Å². The summed E-state index contributed by atoms with van der Waals surface area (Å²) in [5.41, 5.74) is 3.14. The summed E-state index contributed by atoms with van der Waals surface area (Å²) in [4.78, 5) is 21.6. The van der Waals surface area contributed by atoms with Gasteiger partial charge in [-0.2, -0.15) is 0 Å². The molecule has 0 saturated carbocycles. The van der Waals surface area contributed by atoms with E-state index >= 15 is 0 Å². The van der Waals surface area contributed by atoms with Crippen molar-refractivity contribution in [3.05, 3.63) is 65.8 Å². The number of imidazole rings is 1. The summed E-state index contributed by atoms with van der Waals surface area (Å²) in [5, 5.41) is 5.32. The van der Waals surface area contributed by atoms with E-state index in [0.29, 0.717) is 16.5 Å². The largest absolute Gasteiger partial charge is 0.462 e. The van der Waals surface area contributed by atoms with Crippen molar-refractivity contribution >= 4 is 22.9 Å². The minimum atomic E-state index is -0.237. The van der Waals surface area contributed by atoms with Crippen molar-refractivity contribution in [1.29, 1.82) is 0 Å². The van der Waals surface area contributed by atoms with Gasteiger partial charge in [-0.05, 0) is 37.1 Å².